The van der Waals surface area contributed by atoms with Crippen LogP contribution in [0, 0.1) is 13.8 Å². The highest BCUT2D eigenvalue weighted by molar-refractivity contribution is 5.81. The number of hydrogen-bond acceptors (Lipinski definition) is 6. The van der Waals surface area contributed by atoms with Crippen molar-refractivity contribution < 1.29 is 0 Å². The monoisotopic (exact) mass is 417 g/mol. The fraction of sp³-hybridized carbons (Fsp3) is 0.391. The summed E-state index contributed by atoms with van der Waals surface area (Å²) in [5.74, 6) is 1.09. The maximum absolute atomic E-state index is 12.7. The fourth-order valence-electron chi connectivity index (χ4n) is 4.30. The van der Waals surface area contributed by atoms with Gasteiger partial charge in [-0.25, -0.2) is 9.97 Å². The molecule has 0 spiro atoms. The van der Waals surface area contributed by atoms with Crippen molar-refractivity contribution >= 4 is 28.1 Å². The molecule has 0 saturated carbocycles. The average Bonchev–Trinajstić information content (AvgIpc) is 3.13. The molecule has 5 rings (SSSR count). The minimum absolute atomic E-state index is 0.0166. The van der Waals surface area contributed by atoms with Crippen molar-refractivity contribution in [3.8, 4) is 0 Å². The molecule has 0 bridgehead atoms. The highest BCUT2D eigenvalue weighted by Gasteiger charge is 2.21. The minimum Gasteiger partial charge on any atom is -0.368 e. The number of aromatic nitrogens is 5. The smallest absolute Gasteiger partial charge is 0.261 e. The van der Waals surface area contributed by atoms with E-state index in [1.54, 1.807) is 10.9 Å². The summed E-state index contributed by atoms with van der Waals surface area (Å²) in [5.41, 5.74) is 4.73. The molecule has 8 nitrogen and oxygen atoms in total. The Hall–Kier alpha value is -3.42. The number of fused-ring (bicyclic) bond motifs is 2. The zero-order valence-corrected chi connectivity index (χ0v) is 18.4. The summed E-state index contributed by atoms with van der Waals surface area (Å²) < 4.78 is 3.62. The van der Waals surface area contributed by atoms with E-state index in [1.165, 1.54) is 0 Å². The Morgan fingerprint density at radius 3 is 2.42 bits per heavy atom. The van der Waals surface area contributed by atoms with Gasteiger partial charge in [0.05, 0.1) is 22.9 Å². The molecular weight excluding hydrogens is 390 g/mol. The minimum atomic E-state index is 0.0166. The lowest BCUT2D eigenvalue weighted by atomic mass is 10.2. The second-order valence-electron chi connectivity index (χ2n) is 8.54. The van der Waals surface area contributed by atoms with Gasteiger partial charge in [0.2, 0.25) is 0 Å². The van der Waals surface area contributed by atoms with Crippen molar-refractivity contribution in [2.24, 2.45) is 0 Å². The van der Waals surface area contributed by atoms with Gasteiger partial charge < -0.3 is 9.80 Å². The molecule has 0 amide bonds. The first-order valence-corrected chi connectivity index (χ1v) is 10.8. The van der Waals surface area contributed by atoms with Crippen LogP contribution >= 0.6 is 0 Å². The Bertz CT molecular complexity index is 1330. The number of nitrogens with zero attached hydrogens (tertiary/aromatic N) is 7. The first-order chi connectivity index (χ1) is 14.9. The van der Waals surface area contributed by atoms with Crippen LogP contribution in [0.15, 0.2) is 41.5 Å². The van der Waals surface area contributed by atoms with E-state index in [-0.39, 0.29) is 11.6 Å². The molecule has 0 atom stereocenters. The highest BCUT2D eigenvalue weighted by atomic mass is 16.1. The number of hydrogen-bond donors (Lipinski definition) is 0. The zero-order valence-electron chi connectivity index (χ0n) is 18.4. The Morgan fingerprint density at radius 2 is 1.68 bits per heavy atom. The van der Waals surface area contributed by atoms with Crippen molar-refractivity contribution in [2.75, 3.05) is 36.0 Å². The van der Waals surface area contributed by atoms with Gasteiger partial charge in [0, 0.05) is 55.7 Å². The van der Waals surface area contributed by atoms with Crippen LogP contribution in [0.5, 0.6) is 0 Å². The maximum Gasteiger partial charge on any atom is 0.261 e. The van der Waals surface area contributed by atoms with Gasteiger partial charge in [-0.05, 0) is 45.9 Å². The topological polar surface area (TPSA) is 71.6 Å². The fourth-order valence-corrected chi connectivity index (χ4v) is 4.30. The summed E-state index contributed by atoms with van der Waals surface area (Å²) in [6.07, 6.45) is 1.65. The summed E-state index contributed by atoms with van der Waals surface area (Å²) in [6.45, 7) is 11.6. The number of aryl methyl sites for hydroxylation is 2. The van der Waals surface area contributed by atoms with Gasteiger partial charge in [0.25, 0.3) is 5.56 Å². The van der Waals surface area contributed by atoms with Crippen LogP contribution in [0.4, 0.5) is 11.5 Å². The molecule has 4 heterocycles. The van der Waals surface area contributed by atoms with Gasteiger partial charge in [-0.1, -0.05) is 0 Å². The second-order valence-corrected chi connectivity index (χ2v) is 8.54. The van der Waals surface area contributed by atoms with Crippen LogP contribution in [0.25, 0.3) is 16.6 Å². The lowest BCUT2D eigenvalue weighted by Gasteiger charge is -2.37. The summed E-state index contributed by atoms with van der Waals surface area (Å²) in [5, 5.41) is 5.30. The number of benzene rings is 1. The van der Waals surface area contributed by atoms with E-state index in [4.69, 9.17) is 0 Å². The van der Waals surface area contributed by atoms with Gasteiger partial charge >= 0.3 is 0 Å². The molecule has 1 saturated heterocycles. The standard InChI is InChI=1S/C23H27N7O/c1-15(2)29-14-24-20-13-18(5-6-19(20)23(29)31)27-7-9-28(10-8-27)22-12-16(3)25-21-11-17(4)26-30(21)22/h5-6,11-15H,7-10H2,1-4H3. The van der Waals surface area contributed by atoms with Crippen molar-refractivity contribution in [1.82, 2.24) is 24.1 Å². The Labute approximate surface area is 180 Å². The van der Waals surface area contributed by atoms with E-state index in [0.29, 0.717) is 5.39 Å². The van der Waals surface area contributed by atoms with E-state index >= 15 is 0 Å². The first kappa shape index (κ1) is 19.5. The molecule has 0 radical (unpaired) electrons. The van der Waals surface area contributed by atoms with E-state index in [2.05, 4.69) is 30.9 Å². The van der Waals surface area contributed by atoms with E-state index < -0.39 is 0 Å². The van der Waals surface area contributed by atoms with Gasteiger partial charge in [-0.15, -0.1) is 0 Å². The third kappa shape index (κ3) is 3.41. The highest BCUT2D eigenvalue weighted by Crippen LogP contribution is 2.24. The molecule has 1 aliphatic heterocycles. The summed E-state index contributed by atoms with van der Waals surface area (Å²) in [7, 11) is 0. The molecule has 0 unspecified atom stereocenters. The summed E-state index contributed by atoms with van der Waals surface area (Å²) in [6, 6.07) is 10.2. The largest absolute Gasteiger partial charge is 0.368 e. The molecule has 4 aromatic rings. The van der Waals surface area contributed by atoms with Crippen molar-refractivity contribution in [2.45, 2.75) is 33.7 Å². The predicted molar refractivity (Wildman–Crippen MR) is 123 cm³/mol. The van der Waals surface area contributed by atoms with Crippen LogP contribution in [-0.2, 0) is 0 Å². The average molecular weight is 418 g/mol. The molecule has 3 aromatic heterocycles. The molecule has 8 heteroatoms. The molecule has 31 heavy (non-hydrogen) atoms. The van der Waals surface area contributed by atoms with Crippen molar-refractivity contribution in [1.29, 1.82) is 0 Å². The van der Waals surface area contributed by atoms with Crippen LogP contribution < -0.4 is 15.4 Å². The van der Waals surface area contributed by atoms with Crippen LogP contribution in [-0.4, -0.2) is 50.3 Å². The van der Waals surface area contributed by atoms with Crippen molar-refractivity contribution in [3.05, 3.63) is 58.4 Å². The number of piperazine rings is 1. The van der Waals surface area contributed by atoms with Crippen LogP contribution in [0.3, 0.4) is 0 Å². The molecular formula is C23H27N7O. The molecule has 1 aromatic carbocycles. The van der Waals surface area contributed by atoms with Gasteiger partial charge in [0.1, 0.15) is 5.82 Å². The molecule has 1 aliphatic rings. The molecule has 160 valence electrons. The third-order valence-corrected chi connectivity index (χ3v) is 5.95. The second kappa shape index (κ2) is 7.37. The predicted octanol–water partition coefficient (Wildman–Crippen LogP) is 2.96. The van der Waals surface area contributed by atoms with Crippen molar-refractivity contribution in [3.63, 3.8) is 0 Å². The Kier molecular flexibility index (Phi) is 4.64. The molecule has 0 aliphatic carbocycles. The number of anilines is 2. The van der Waals surface area contributed by atoms with Crippen LogP contribution in [0.1, 0.15) is 31.3 Å². The molecule has 0 N–H and O–H groups in total. The van der Waals surface area contributed by atoms with Gasteiger partial charge in [0.15, 0.2) is 5.65 Å². The summed E-state index contributed by atoms with van der Waals surface area (Å²) >= 11 is 0. The lowest BCUT2D eigenvalue weighted by Crippen LogP contribution is -2.47. The van der Waals surface area contributed by atoms with E-state index in [0.717, 1.165) is 60.2 Å². The molecule has 1 fully saturated rings. The Balaban J connectivity index is 1.39. The Morgan fingerprint density at radius 1 is 0.935 bits per heavy atom. The van der Waals surface area contributed by atoms with Gasteiger partial charge in [-0.2, -0.15) is 9.61 Å². The van der Waals surface area contributed by atoms with Gasteiger partial charge in [-0.3, -0.25) is 9.36 Å². The maximum atomic E-state index is 12.7. The SMILES string of the molecule is Cc1cc(N2CCN(c3ccc4c(=O)n(C(C)C)cnc4c3)CC2)n2nc(C)cc2n1. The van der Waals surface area contributed by atoms with E-state index in [9.17, 15) is 4.79 Å². The quantitative estimate of drug-likeness (QED) is 0.510. The number of rotatable bonds is 3. The van der Waals surface area contributed by atoms with E-state index in [1.807, 2.05) is 56.5 Å². The summed E-state index contributed by atoms with van der Waals surface area (Å²) in [4.78, 5) is 26.5. The lowest BCUT2D eigenvalue weighted by molar-refractivity contribution is 0.573. The van der Waals surface area contributed by atoms with Crippen LogP contribution in [0.2, 0.25) is 0 Å². The zero-order chi connectivity index (χ0) is 21.7. The first-order valence-electron chi connectivity index (χ1n) is 10.8. The third-order valence-electron chi connectivity index (χ3n) is 5.95. The normalized spacial score (nSPS) is 14.9.